The normalized spacial score (nSPS) is 11.6. The Labute approximate surface area is 317 Å². The maximum absolute atomic E-state index is 5.40. The van der Waals surface area contributed by atoms with Crippen molar-refractivity contribution in [3.63, 3.8) is 0 Å². The first-order valence-corrected chi connectivity index (χ1v) is 18.6. The van der Waals surface area contributed by atoms with Crippen LogP contribution in [0.4, 0.5) is 0 Å². The molecule has 55 heavy (non-hydrogen) atoms. The van der Waals surface area contributed by atoms with E-state index in [9.17, 15) is 0 Å². The molecule has 9 aromatic carbocycles. The highest BCUT2D eigenvalue weighted by Gasteiger charge is 2.21. The molecule has 0 amide bonds. The van der Waals surface area contributed by atoms with Gasteiger partial charge in [-0.1, -0.05) is 170 Å². The highest BCUT2D eigenvalue weighted by Crippen LogP contribution is 2.40. The van der Waals surface area contributed by atoms with E-state index in [1.54, 1.807) is 0 Å². The zero-order valence-electron chi connectivity index (χ0n) is 29.8. The van der Waals surface area contributed by atoms with Crippen molar-refractivity contribution >= 4 is 54.1 Å². The molecule has 0 saturated heterocycles. The van der Waals surface area contributed by atoms with E-state index >= 15 is 0 Å². The van der Waals surface area contributed by atoms with E-state index in [4.69, 9.17) is 15.0 Å². The number of rotatable bonds is 5. The van der Waals surface area contributed by atoms with Gasteiger partial charge < -0.3 is 4.57 Å². The summed E-state index contributed by atoms with van der Waals surface area (Å²) in [5, 5.41) is 9.36. The number of benzene rings is 9. The van der Waals surface area contributed by atoms with Crippen molar-refractivity contribution in [2.45, 2.75) is 0 Å². The van der Waals surface area contributed by atoms with Crippen LogP contribution in [0.15, 0.2) is 194 Å². The second-order valence-electron chi connectivity index (χ2n) is 14.0. The second-order valence-corrected chi connectivity index (χ2v) is 14.0. The van der Waals surface area contributed by atoms with Crippen LogP contribution in [0.3, 0.4) is 0 Å². The first-order valence-electron chi connectivity index (χ1n) is 18.6. The largest absolute Gasteiger partial charge is 0.308 e. The smallest absolute Gasteiger partial charge is 0.166 e. The predicted molar refractivity (Wildman–Crippen MR) is 228 cm³/mol. The Hall–Kier alpha value is -7.43. The average Bonchev–Trinajstić information content (AvgIpc) is 3.60. The molecule has 0 radical (unpaired) electrons. The molecule has 11 rings (SSSR count). The Morgan fingerprint density at radius 1 is 0.291 bits per heavy atom. The van der Waals surface area contributed by atoms with Crippen molar-refractivity contribution in [1.29, 1.82) is 0 Å². The maximum atomic E-state index is 5.40. The van der Waals surface area contributed by atoms with Gasteiger partial charge >= 0.3 is 0 Å². The molecule has 0 saturated carbocycles. The lowest BCUT2D eigenvalue weighted by Crippen LogP contribution is -2.04. The molecule has 0 bridgehead atoms. The lowest BCUT2D eigenvalue weighted by atomic mass is 9.92. The molecule has 0 aliphatic rings. The van der Waals surface area contributed by atoms with Crippen LogP contribution in [0.2, 0.25) is 0 Å². The Kier molecular flexibility index (Phi) is 7.14. The molecule has 0 aliphatic heterocycles. The maximum Gasteiger partial charge on any atom is 0.166 e. The molecule has 4 nitrogen and oxygen atoms in total. The number of para-hydroxylation sites is 2. The molecule has 2 aromatic heterocycles. The highest BCUT2D eigenvalue weighted by molar-refractivity contribution is 6.11. The van der Waals surface area contributed by atoms with Gasteiger partial charge in [-0.15, -0.1) is 0 Å². The first kappa shape index (κ1) is 31.1. The van der Waals surface area contributed by atoms with Gasteiger partial charge in [0.05, 0.1) is 16.7 Å². The zero-order chi connectivity index (χ0) is 36.3. The van der Waals surface area contributed by atoms with Crippen LogP contribution in [0.5, 0.6) is 0 Å². The number of fused-ring (bicyclic) bond motifs is 6. The third-order valence-electron chi connectivity index (χ3n) is 10.8. The molecule has 0 aliphatic carbocycles. The van der Waals surface area contributed by atoms with Crippen molar-refractivity contribution < 1.29 is 0 Å². The third-order valence-corrected chi connectivity index (χ3v) is 10.8. The fourth-order valence-corrected chi connectivity index (χ4v) is 8.31. The van der Waals surface area contributed by atoms with E-state index in [1.165, 1.54) is 32.7 Å². The quantitative estimate of drug-likeness (QED) is 0.179. The first-order chi connectivity index (χ1) is 27.3. The van der Waals surface area contributed by atoms with Crippen LogP contribution in [0, 0.1) is 0 Å². The van der Waals surface area contributed by atoms with E-state index in [-0.39, 0.29) is 0 Å². The van der Waals surface area contributed by atoms with Crippen LogP contribution in [-0.2, 0) is 0 Å². The van der Waals surface area contributed by atoms with Crippen LogP contribution in [0.1, 0.15) is 0 Å². The fraction of sp³-hybridized carbons (Fsp3) is 0. The van der Waals surface area contributed by atoms with Crippen molar-refractivity contribution in [2.24, 2.45) is 0 Å². The minimum absolute atomic E-state index is 0.619. The van der Waals surface area contributed by atoms with Gasteiger partial charge in [-0.05, 0) is 67.7 Å². The van der Waals surface area contributed by atoms with Crippen molar-refractivity contribution in [3.8, 4) is 51.0 Å². The Bertz CT molecular complexity index is 3210. The third kappa shape index (κ3) is 5.11. The van der Waals surface area contributed by atoms with Gasteiger partial charge in [0.1, 0.15) is 0 Å². The van der Waals surface area contributed by atoms with Crippen molar-refractivity contribution in [2.75, 3.05) is 0 Å². The predicted octanol–water partition coefficient (Wildman–Crippen LogP) is 13.1. The Morgan fingerprint density at radius 3 is 1.45 bits per heavy atom. The lowest BCUT2D eigenvalue weighted by molar-refractivity contribution is 1.07. The summed E-state index contributed by atoms with van der Waals surface area (Å²) < 4.78 is 2.37. The van der Waals surface area contributed by atoms with Crippen LogP contribution >= 0.6 is 0 Å². The van der Waals surface area contributed by atoms with Gasteiger partial charge in [0, 0.05) is 27.5 Å². The molecule has 0 N–H and O–H groups in total. The van der Waals surface area contributed by atoms with E-state index in [2.05, 4.69) is 180 Å². The van der Waals surface area contributed by atoms with Gasteiger partial charge in [0.2, 0.25) is 0 Å². The summed E-state index contributed by atoms with van der Waals surface area (Å²) in [5.74, 6) is 1.88. The molecule has 256 valence electrons. The summed E-state index contributed by atoms with van der Waals surface area (Å²) in [6.07, 6.45) is 0. The molecule has 0 unspecified atom stereocenters. The Balaban J connectivity index is 1.20. The Morgan fingerprint density at radius 2 is 0.745 bits per heavy atom. The summed E-state index contributed by atoms with van der Waals surface area (Å²) in [6, 6.07) is 68.7. The molecular formula is C51H32N4. The summed E-state index contributed by atoms with van der Waals surface area (Å²) in [4.78, 5) is 15.9. The van der Waals surface area contributed by atoms with Gasteiger partial charge in [-0.25, -0.2) is 15.0 Å². The number of hydrogen-bond acceptors (Lipinski definition) is 3. The molecular weight excluding hydrogens is 669 g/mol. The molecule has 4 heteroatoms. The topological polar surface area (TPSA) is 43.6 Å². The molecule has 0 atom stereocenters. The van der Waals surface area contributed by atoms with Crippen LogP contribution in [-0.4, -0.2) is 19.5 Å². The minimum Gasteiger partial charge on any atom is -0.308 e. The summed E-state index contributed by atoms with van der Waals surface area (Å²) in [6.45, 7) is 0. The van der Waals surface area contributed by atoms with Gasteiger partial charge in [0.25, 0.3) is 0 Å². The standard InChI is InChI=1S/C51H32N4/c1-2-16-34(17-3-1)49-52-50(44-28-14-26-40-39(25-13-27-41(40)44)38-24-12-20-33-15-6-7-21-37(33)38)54-51(53-49)45-31-35-18-4-5-19-36(35)32-48(45)55-46-29-10-8-22-42(46)43-23-9-11-30-47(43)55/h1-32H. The molecule has 0 spiro atoms. The summed E-state index contributed by atoms with van der Waals surface area (Å²) in [7, 11) is 0. The van der Waals surface area contributed by atoms with Gasteiger partial charge in [-0.2, -0.15) is 0 Å². The van der Waals surface area contributed by atoms with E-state index < -0.39 is 0 Å². The molecule has 2 heterocycles. The van der Waals surface area contributed by atoms with Gasteiger partial charge in [0.15, 0.2) is 17.5 Å². The van der Waals surface area contributed by atoms with Crippen LogP contribution in [0.25, 0.3) is 105 Å². The minimum atomic E-state index is 0.619. The highest BCUT2D eigenvalue weighted by atomic mass is 15.1. The van der Waals surface area contributed by atoms with E-state index in [1.807, 2.05) is 18.2 Å². The van der Waals surface area contributed by atoms with Crippen molar-refractivity contribution in [3.05, 3.63) is 194 Å². The van der Waals surface area contributed by atoms with Crippen LogP contribution < -0.4 is 0 Å². The van der Waals surface area contributed by atoms with Crippen molar-refractivity contribution in [1.82, 2.24) is 19.5 Å². The van der Waals surface area contributed by atoms with Gasteiger partial charge in [-0.3, -0.25) is 0 Å². The number of nitrogens with zero attached hydrogens (tertiary/aromatic N) is 4. The fourth-order valence-electron chi connectivity index (χ4n) is 8.31. The number of aromatic nitrogens is 4. The SMILES string of the molecule is c1ccc(-c2nc(-c3cc4ccccc4cc3-n3c4ccccc4c4ccccc43)nc(-c3cccc4c(-c5cccc6ccccc56)cccc34)n2)cc1. The lowest BCUT2D eigenvalue weighted by Gasteiger charge is -2.17. The van der Waals surface area contributed by atoms with E-state index in [0.29, 0.717) is 17.5 Å². The monoisotopic (exact) mass is 700 g/mol. The molecule has 11 aromatic rings. The average molecular weight is 701 g/mol. The summed E-state index contributed by atoms with van der Waals surface area (Å²) in [5.41, 5.74) is 8.49. The second kappa shape index (κ2) is 12.6. The zero-order valence-corrected chi connectivity index (χ0v) is 29.8. The number of hydrogen-bond donors (Lipinski definition) is 0. The summed E-state index contributed by atoms with van der Waals surface area (Å²) >= 11 is 0. The molecule has 0 fully saturated rings. The van der Waals surface area contributed by atoms with E-state index in [0.717, 1.165) is 55.0 Å².